The first kappa shape index (κ1) is 25.7. The van der Waals surface area contributed by atoms with Crippen molar-refractivity contribution in [3.8, 4) is 11.8 Å². The summed E-state index contributed by atoms with van der Waals surface area (Å²) in [6, 6.07) is 23.7. The largest absolute Gasteiger partial charge is 0.391 e. The summed E-state index contributed by atoms with van der Waals surface area (Å²) in [4.78, 5) is 23.9. The van der Waals surface area contributed by atoms with E-state index in [0.29, 0.717) is 5.56 Å². The van der Waals surface area contributed by atoms with Gasteiger partial charge in [-0.25, -0.2) is 5.48 Å². The minimum absolute atomic E-state index is 0.302. The predicted octanol–water partition coefficient (Wildman–Crippen LogP) is 2.40. The first-order valence-corrected chi connectivity index (χ1v) is 11.3. The summed E-state index contributed by atoms with van der Waals surface area (Å²) in [5.41, 5.74) is 5.85. The fourth-order valence-corrected chi connectivity index (χ4v) is 3.36. The summed E-state index contributed by atoms with van der Waals surface area (Å²) in [7, 11) is 0. The van der Waals surface area contributed by atoms with Gasteiger partial charge >= 0.3 is 0 Å². The second kappa shape index (κ2) is 13.1. The Balaban J connectivity index is 1.50. The maximum Gasteiger partial charge on any atom is 0.268 e. The van der Waals surface area contributed by atoms with Crippen LogP contribution in [0.2, 0.25) is 0 Å². The van der Waals surface area contributed by atoms with Gasteiger partial charge in [0.15, 0.2) is 0 Å². The first-order chi connectivity index (χ1) is 17.0. The molecule has 0 aliphatic heterocycles. The van der Waals surface area contributed by atoms with Gasteiger partial charge in [0.05, 0.1) is 6.10 Å². The molecule has 35 heavy (non-hydrogen) atoms. The molecule has 0 fully saturated rings. The van der Waals surface area contributed by atoms with Crippen LogP contribution in [-0.4, -0.2) is 40.8 Å². The Morgan fingerprint density at radius 1 is 0.857 bits per heavy atom. The Labute approximate surface area is 205 Å². The Morgan fingerprint density at radius 3 is 2.03 bits per heavy atom. The molecule has 2 amide bonds. The first-order valence-electron chi connectivity index (χ1n) is 11.3. The Morgan fingerprint density at radius 2 is 1.46 bits per heavy atom. The van der Waals surface area contributed by atoms with E-state index in [1.807, 2.05) is 30.3 Å². The second-order valence-corrected chi connectivity index (χ2v) is 8.10. The standard InChI is InChI=1S/C28H29N3O4/c1-20(32)26(28(34)31-35)30-27(33)25-15-13-23(14-16-25)8-7-22-9-11-24(12-10-22)19-29-18-17-21-5-3-2-4-6-21/h2-6,9-16,20,26,29,32,35H,17-19H2,1H3,(H,30,33)(H,31,34)/t20-,26+/m1/s1. The van der Waals surface area contributed by atoms with E-state index in [2.05, 4.69) is 46.7 Å². The molecule has 0 aromatic heterocycles. The molecule has 180 valence electrons. The molecule has 0 aliphatic carbocycles. The maximum atomic E-state index is 12.3. The van der Waals surface area contributed by atoms with Crippen LogP contribution in [-0.2, 0) is 17.8 Å². The molecule has 0 aliphatic rings. The fourth-order valence-electron chi connectivity index (χ4n) is 3.36. The van der Waals surface area contributed by atoms with Crippen LogP contribution in [0.25, 0.3) is 0 Å². The second-order valence-electron chi connectivity index (χ2n) is 8.10. The van der Waals surface area contributed by atoms with E-state index in [1.54, 1.807) is 24.3 Å². The van der Waals surface area contributed by atoms with Gasteiger partial charge in [-0.1, -0.05) is 54.3 Å². The molecule has 0 heterocycles. The van der Waals surface area contributed by atoms with Crippen molar-refractivity contribution < 1.29 is 19.9 Å². The van der Waals surface area contributed by atoms with Crippen molar-refractivity contribution in [2.75, 3.05) is 6.54 Å². The third kappa shape index (κ3) is 8.09. The van der Waals surface area contributed by atoms with Crippen LogP contribution in [0.4, 0.5) is 0 Å². The SMILES string of the molecule is C[C@@H](O)[C@H](NC(=O)c1ccc(C#Cc2ccc(CNCCc3ccccc3)cc2)cc1)C(=O)NO. The van der Waals surface area contributed by atoms with E-state index in [-0.39, 0.29) is 0 Å². The number of hydrogen-bond donors (Lipinski definition) is 5. The number of amides is 2. The smallest absolute Gasteiger partial charge is 0.268 e. The normalized spacial score (nSPS) is 12.1. The predicted molar refractivity (Wildman–Crippen MR) is 134 cm³/mol. The van der Waals surface area contributed by atoms with Gasteiger partial charge in [-0.05, 0) is 67.4 Å². The molecule has 0 radical (unpaired) electrons. The molecule has 3 aromatic carbocycles. The minimum Gasteiger partial charge on any atom is -0.391 e. The van der Waals surface area contributed by atoms with Crippen LogP contribution < -0.4 is 16.1 Å². The molecule has 0 bridgehead atoms. The molecule has 0 unspecified atom stereocenters. The van der Waals surface area contributed by atoms with Crippen LogP contribution in [0.3, 0.4) is 0 Å². The lowest BCUT2D eigenvalue weighted by atomic mass is 10.1. The number of benzene rings is 3. The number of aliphatic hydroxyl groups is 1. The summed E-state index contributed by atoms with van der Waals surface area (Å²) < 4.78 is 0. The molecule has 0 spiro atoms. The molecule has 5 N–H and O–H groups in total. The molecular formula is C28H29N3O4. The molecule has 0 saturated heterocycles. The van der Waals surface area contributed by atoms with Gasteiger partial charge < -0.3 is 15.7 Å². The highest BCUT2D eigenvalue weighted by Crippen LogP contribution is 2.07. The number of aliphatic hydroxyl groups excluding tert-OH is 1. The van der Waals surface area contributed by atoms with Crippen molar-refractivity contribution >= 4 is 11.8 Å². The van der Waals surface area contributed by atoms with Gasteiger partial charge in [0, 0.05) is 23.2 Å². The lowest BCUT2D eigenvalue weighted by Crippen LogP contribution is -2.51. The summed E-state index contributed by atoms with van der Waals surface area (Å²) in [5, 5.41) is 24.2. The van der Waals surface area contributed by atoms with Gasteiger partial charge in [-0.3, -0.25) is 14.8 Å². The number of carbonyl (C=O) groups is 2. The van der Waals surface area contributed by atoms with E-state index < -0.39 is 24.0 Å². The van der Waals surface area contributed by atoms with Gasteiger partial charge in [0.1, 0.15) is 6.04 Å². The monoisotopic (exact) mass is 471 g/mol. The number of hydrogen-bond acceptors (Lipinski definition) is 5. The Kier molecular flexibility index (Phi) is 9.58. The lowest BCUT2D eigenvalue weighted by molar-refractivity contribution is -0.133. The number of carbonyl (C=O) groups excluding carboxylic acids is 2. The molecule has 2 atom stereocenters. The average Bonchev–Trinajstić information content (AvgIpc) is 2.89. The summed E-state index contributed by atoms with van der Waals surface area (Å²) in [6.45, 7) is 3.04. The highest BCUT2D eigenvalue weighted by atomic mass is 16.5. The minimum atomic E-state index is -1.27. The van der Waals surface area contributed by atoms with Crippen LogP contribution in [0.1, 0.15) is 39.5 Å². The van der Waals surface area contributed by atoms with Gasteiger partial charge in [0.25, 0.3) is 11.8 Å². The highest BCUT2D eigenvalue weighted by Gasteiger charge is 2.25. The molecule has 0 saturated carbocycles. The third-order valence-corrected chi connectivity index (χ3v) is 5.38. The highest BCUT2D eigenvalue weighted by molar-refractivity contribution is 5.97. The van der Waals surface area contributed by atoms with E-state index in [9.17, 15) is 14.7 Å². The molecular weight excluding hydrogens is 442 g/mol. The van der Waals surface area contributed by atoms with E-state index >= 15 is 0 Å². The van der Waals surface area contributed by atoms with Crippen molar-refractivity contribution in [1.82, 2.24) is 16.1 Å². The molecule has 3 aromatic rings. The summed E-state index contributed by atoms with van der Waals surface area (Å²) in [5.74, 6) is 4.73. The van der Waals surface area contributed by atoms with Crippen molar-refractivity contribution in [3.63, 3.8) is 0 Å². The molecule has 3 rings (SSSR count). The molecule has 7 heteroatoms. The fraction of sp³-hybridized carbons (Fsp3) is 0.214. The zero-order valence-corrected chi connectivity index (χ0v) is 19.5. The van der Waals surface area contributed by atoms with Crippen LogP contribution in [0, 0.1) is 11.8 Å². The third-order valence-electron chi connectivity index (χ3n) is 5.38. The van der Waals surface area contributed by atoms with Crippen molar-refractivity contribution in [2.24, 2.45) is 0 Å². The number of nitrogens with one attached hydrogen (secondary N) is 3. The Bertz CT molecular complexity index is 1160. The number of hydroxylamine groups is 1. The summed E-state index contributed by atoms with van der Waals surface area (Å²) in [6.07, 6.45) is -0.183. The topological polar surface area (TPSA) is 111 Å². The van der Waals surface area contributed by atoms with Gasteiger partial charge in [0.2, 0.25) is 0 Å². The quantitative estimate of drug-likeness (QED) is 0.142. The number of rotatable bonds is 9. The molecule has 7 nitrogen and oxygen atoms in total. The summed E-state index contributed by atoms with van der Waals surface area (Å²) >= 11 is 0. The van der Waals surface area contributed by atoms with Crippen LogP contribution in [0.15, 0.2) is 78.9 Å². The lowest BCUT2D eigenvalue weighted by Gasteiger charge is -2.19. The van der Waals surface area contributed by atoms with Crippen molar-refractivity contribution in [3.05, 3.63) is 107 Å². The van der Waals surface area contributed by atoms with Gasteiger partial charge in [-0.15, -0.1) is 0 Å². The van der Waals surface area contributed by atoms with Crippen molar-refractivity contribution in [1.29, 1.82) is 0 Å². The Hall–Kier alpha value is -3.96. The zero-order valence-electron chi connectivity index (χ0n) is 19.5. The van der Waals surface area contributed by atoms with Crippen LogP contribution in [0.5, 0.6) is 0 Å². The average molecular weight is 472 g/mol. The van der Waals surface area contributed by atoms with Gasteiger partial charge in [-0.2, -0.15) is 0 Å². The maximum absolute atomic E-state index is 12.3. The van der Waals surface area contributed by atoms with Crippen molar-refractivity contribution in [2.45, 2.75) is 32.0 Å². The van der Waals surface area contributed by atoms with E-state index in [4.69, 9.17) is 5.21 Å². The zero-order chi connectivity index (χ0) is 25.0. The van der Waals surface area contributed by atoms with E-state index in [0.717, 1.165) is 30.6 Å². The van der Waals surface area contributed by atoms with Crippen LogP contribution >= 0.6 is 0 Å². The van der Waals surface area contributed by atoms with E-state index in [1.165, 1.54) is 23.5 Å².